The highest BCUT2D eigenvalue weighted by atomic mass is 19.1. The van der Waals surface area contributed by atoms with E-state index in [1.807, 2.05) is 6.07 Å². The number of esters is 2. The van der Waals surface area contributed by atoms with Crippen molar-refractivity contribution in [3.63, 3.8) is 0 Å². The van der Waals surface area contributed by atoms with Gasteiger partial charge in [-0.05, 0) is 30.4 Å². The van der Waals surface area contributed by atoms with Crippen LogP contribution < -0.4 is 4.90 Å². The van der Waals surface area contributed by atoms with E-state index in [-0.39, 0.29) is 22.5 Å². The molecule has 0 spiro atoms. The maximum atomic E-state index is 14.4. The lowest BCUT2D eigenvalue weighted by atomic mass is 10.1. The summed E-state index contributed by atoms with van der Waals surface area (Å²) in [7, 11) is 2.32. The second-order valence-electron chi connectivity index (χ2n) is 4.59. The highest BCUT2D eigenvalue weighted by Crippen LogP contribution is 2.29. The Labute approximate surface area is 137 Å². The molecule has 0 N–H and O–H groups in total. The first-order chi connectivity index (χ1) is 11.5. The van der Waals surface area contributed by atoms with Gasteiger partial charge in [-0.2, -0.15) is 5.26 Å². The Morgan fingerprint density at radius 1 is 1.17 bits per heavy atom. The van der Waals surface area contributed by atoms with Gasteiger partial charge in [0.2, 0.25) is 0 Å². The fraction of sp³-hybridized carbons (Fsp3) is 0.118. The first-order valence-corrected chi connectivity index (χ1v) is 6.78. The third-order valence-electron chi connectivity index (χ3n) is 3.23. The lowest BCUT2D eigenvalue weighted by Gasteiger charge is -2.23. The van der Waals surface area contributed by atoms with Crippen molar-refractivity contribution in [2.75, 3.05) is 19.1 Å². The van der Waals surface area contributed by atoms with Gasteiger partial charge < -0.3 is 14.4 Å². The Balaban J connectivity index is 2.68. The predicted octanol–water partition coefficient (Wildman–Crippen LogP) is 2.19. The van der Waals surface area contributed by atoms with Gasteiger partial charge in [-0.3, -0.25) is 0 Å². The fourth-order valence-corrected chi connectivity index (χ4v) is 2.12. The molecule has 7 heteroatoms. The second kappa shape index (κ2) is 7.24. The summed E-state index contributed by atoms with van der Waals surface area (Å²) in [6, 6.07) is 5.60. The maximum absolute atomic E-state index is 14.4. The highest BCUT2D eigenvalue weighted by molar-refractivity contribution is 6.05. The minimum absolute atomic E-state index is 0.0178. The number of allylic oxidation sites excluding steroid dienone is 2. The van der Waals surface area contributed by atoms with Crippen molar-refractivity contribution >= 4 is 17.6 Å². The Bertz CT molecular complexity index is 818. The third-order valence-corrected chi connectivity index (χ3v) is 3.23. The number of nitriles is 1. The number of hydrogen-bond donors (Lipinski definition) is 0. The average Bonchev–Trinajstić information content (AvgIpc) is 2.82. The van der Waals surface area contributed by atoms with Crippen LogP contribution in [0, 0.1) is 17.1 Å². The van der Waals surface area contributed by atoms with E-state index in [9.17, 15) is 14.0 Å². The van der Waals surface area contributed by atoms with Crippen molar-refractivity contribution in [3.8, 4) is 6.07 Å². The number of hydrogen-bond acceptors (Lipinski definition) is 6. The number of benzene rings is 1. The Kier molecular flexibility index (Phi) is 5.12. The molecule has 0 bridgehead atoms. The molecular formula is C17H13FN2O4. The van der Waals surface area contributed by atoms with Crippen LogP contribution in [0.3, 0.4) is 0 Å². The zero-order valence-electron chi connectivity index (χ0n) is 12.9. The molecule has 0 saturated heterocycles. The zero-order valence-corrected chi connectivity index (χ0v) is 12.9. The minimum atomic E-state index is -0.838. The van der Waals surface area contributed by atoms with Gasteiger partial charge in [0.1, 0.15) is 11.5 Å². The molecule has 1 aliphatic heterocycles. The number of methoxy groups -OCH3 is 2. The molecule has 1 aliphatic rings. The molecular weight excluding hydrogens is 315 g/mol. The number of anilines is 1. The molecule has 0 aliphatic carbocycles. The molecule has 0 fully saturated rings. The summed E-state index contributed by atoms with van der Waals surface area (Å²) >= 11 is 0. The normalized spacial score (nSPS) is 13.3. The lowest BCUT2D eigenvalue weighted by Crippen LogP contribution is -2.27. The van der Waals surface area contributed by atoms with E-state index in [0.717, 1.165) is 13.2 Å². The molecule has 1 aromatic rings. The van der Waals surface area contributed by atoms with Crippen LogP contribution in [0.15, 0.2) is 53.9 Å². The van der Waals surface area contributed by atoms with Crippen LogP contribution in [0.25, 0.3) is 0 Å². The molecule has 1 aromatic carbocycles. The van der Waals surface area contributed by atoms with Crippen molar-refractivity contribution in [2.24, 2.45) is 0 Å². The quantitative estimate of drug-likeness (QED) is 0.791. The number of halogens is 1. The van der Waals surface area contributed by atoms with Crippen molar-refractivity contribution in [1.82, 2.24) is 0 Å². The largest absolute Gasteiger partial charge is 0.465 e. The van der Waals surface area contributed by atoms with Crippen LogP contribution in [0.1, 0.15) is 5.56 Å². The SMILES string of the molecule is COC(=O)C1=C(C(=O)OC)N(c2ccc(C#N)cc2F)C=CC=C1. The third kappa shape index (κ3) is 3.17. The monoisotopic (exact) mass is 328 g/mol. The van der Waals surface area contributed by atoms with Crippen molar-refractivity contribution in [1.29, 1.82) is 5.26 Å². The molecule has 2 rings (SSSR count). The van der Waals surface area contributed by atoms with Crippen LogP contribution in [0.5, 0.6) is 0 Å². The van der Waals surface area contributed by atoms with Gasteiger partial charge in [-0.15, -0.1) is 0 Å². The van der Waals surface area contributed by atoms with E-state index in [1.54, 1.807) is 0 Å². The van der Waals surface area contributed by atoms with E-state index in [1.165, 1.54) is 48.6 Å². The summed E-state index contributed by atoms with van der Waals surface area (Å²) in [4.78, 5) is 25.4. The molecule has 0 amide bonds. The van der Waals surface area contributed by atoms with Gasteiger partial charge in [0.25, 0.3) is 0 Å². The number of ether oxygens (including phenoxy) is 2. The summed E-state index contributed by atoms with van der Waals surface area (Å²) in [5.41, 5.74) is -0.170. The van der Waals surface area contributed by atoms with Gasteiger partial charge in [0.15, 0.2) is 0 Å². The Morgan fingerprint density at radius 3 is 2.46 bits per heavy atom. The van der Waals surface area contributed by atoms with Crippen molar-refractivity contribution < 1.29 is 23.5 Å². The zero-order chi connectivity index (χ0) is 17.7. The predicted molar refractivity (Wildman–Crippen MR) is 82.9 cm³/mol. The van der Waals surface area contributed by atoms with Crippen LogP contribution >= 0.6 is 0 Å². The average molecular weight is 328 g/mol. The summed E-state index contributed by atoms with van der Waals surface area (Å²) in [5, 5.41) is 8.83. The fourth-order valence-electron chi connectivity index (χ4n) is 2.12. The number of rotatable bonds is 3. The molecule has 0 radical (unpaired) electrons. The van der Waals surface area contributed by atoms with E-state index >= 15 is 0 Å². The van der Waals surface area contributed by atoms with E-state index in [0.29, 0.717) is 0 Å². The van der Waals surface area contributed by atoms with Gasteiger partial charge in [0.05, 0.1) is 37.1 Å². The lowest BCUT2D eigenvalue weighted by molar-refractivity contribution is -0.139. The molecule has 6 nitrogen and oxygen atoms in total. The smallest absolute Gasteiger partial charge is 0.355 e. The standard InChI is InChI=1S/C17H13FN2O4/c1-23-16(21)12-5-3-4-8-20(15(12)17(22)24-2)14-7-6-11(10-19)9-13(14)18/h3-9H,1-2H3. The van der Waals surface area contributed by atoms with Gasteiger partial charge in [-0.25, -0.2) is 14.0 Å². The van der Waals surface area contributed by atoms with Gasteiger partial charge in [0, 0.05) is 6.20 Å². The Morgan fingerprint density at radius 2 is 1.88 bits per heavy atom. The molecule has 0 unspecified atom stereocenters. The molecule has 1 heterocycles. The van der Waals surface area contributed by atoms with Crippen LogP contribution in [0.2, 0.25) is 0 Å². The van der Waals surface area contributed by atoms with Crippen molar-refractivity contribution in [3.05, 3.63) is 65.3 Å². The van der Waals surface area contributed by atoms with E-state index in [2.05, 4.69) is 4.74 Å². The van der Waals surface area contributed by atoms with Gasteiger partial charge >= 0.3 is 11.9 Å². The Hall–Kier alpha value is -3.40. The van der Waals surface area contributed by atoms with Crippen LogP contribution in [0.4, 0.5) is 10.1 Å². The molecule has 122 valence electrons. The van der Waals surface area contributed by atoms with E-state index < -0.39 is 17.8 Å². The number of carbonyl (C=O) groups is 2. The summed E-state index contributed by atoms with van der Waals surface area (Å²) in [5.74, 6) is -2.34. The van der Waals surface area contributed by atoms with Gasteiger partial charge in [-0.1, -0.05) is 6.08 Å². The minimum Gasteiger partial charge on any atom is -0.465 e. The highest BCUT2D eigenvalue weighted by Gasteiger charge is 2.28. The van der Waals surface area contributed by atoms with E-state index in [4.69, 9.17) is 10.00 Å². The van der Waals surface area contributed by atoms with Crippen LogP contribution in [-0.4, -0.2) is 26.2 Å². The maximum Gasteiger partial charge on any atom is 0.355 e. The molecule has 0 atom stereocenters. The second-order valence-corrected chi connectivity index (χ2v) is 4.59. The molecule has 0 saturated carbocycles. The number of nitrogens with zero attached hydrogens (tertiary/aromatic N) is 2. The van der Waals surface area contributed by atoms with Crippen LogP contribution in [-0.2, 0) is 19.1 Å². The summed E-state index contributed by atoms with van der Waals surface area (Å²) < 4.78 is 23.8. The first kappa shape index (κ1) is 17.0. The topological polar surface area (TPSA) is 79.6 Å². The summed E-state index contributed by atoms with van der Waals surface area (Å²) in [6.45, 7) is 0. The van der Waals surface area contributed by atoms with Crippen molar-refractivity contribution in [2.45, 2.75) is 0 Å². The molecule has 0 aromatic heterocycles. The first-order valence-electron chi connectivity index (χ1n) is 6.78. The number of carbonyl (C=O) groups excluding carboxylic acids is 2. The molecule has 24 heavy (non-hydrogen) atoms. The summed E-state index contributed by atoms with van der Waals surface area (Å²) in [6.07, 6.45) is 5.81.